The fraction of sp³-hybridized carbons (Fsp3) is 0.286. The number of aromatic nitrogens is 2. The number of hydrogen-bond acceptors (Lipinski definition) is 6. The molecule has 7 nitrogen and oxygen atoms in total. The summed E-state index contributed by atoms with van der Waals surface area (Å²) in [6.07, 6.45) is 1.78. The van der Waals surface area contributed by atoms with Crippen LogP contribution in [0.15, 0.2) is 47.5 Å². The third-order valence-electron chi connectivity index (χ3n) is 5.07. The number of likely N-dealkylation sites (N-methyl/N-ethyl adjacent to an activating group) is 1. The third kappa shape index (κ3) is 3.24. The lowest BCUT2D eigenvalue weighted by molar-refractivity contribution is -0.140. The summed E-state index contributed by atoms with van der Waals surface area (Å²) in [6, 6.07) is 8.68. The maximum Gasteiger partial charge on any atom is 0.295 e. The summed E-state index contributed by atoms with van der Waals surface area (Å²) in [5.74, 6) is -1.44. The highest BCUT2D eigenvalue weighted by Gasteiger charge is 2.46. The van der Waals surface area contributed by atoms with Crippen LogP contribution in [0.25, 0.3) is 11.4 Å². The van der Waals surface area contributed by atoms with Crippen LogP contribution in [0.3, 0.4) is 0 Å². The number of ketones is 1. The first-order valence-electron chi connectivity index (χ1n) is 9.30. The number of Topliss-reactive ketones (excluding diaryl/α,β-unsaturated/α-hetero) is 1. The van der Waals surface area contributed by atoms with Crippen molar-refractivity contribution in [2.75, 3.05) is 27.2 Å². The fourth-order valence-electron chi connectivity index (χ4n) is 3.69. The van der Waals surface area contributed by atoms with Crippen molar-refractivity contribution >= 4 is 34.4 Å². The maximum atomic E-state index is 13.0. The van der Waals surface area contributed by atoms with E-state index in [9.17, 15) is 14.7 Å². The molecular formula is C21H22N4O3S. The van der Waals surface area contributed by atoms with E-state index in [2.05, 4.69) is 4.98 Å². The monoisotopic (exact) mass is 410 g/mol. The number of aliphatic hydroxyl groups excluding tert-OH is 1. The molecule has 0 bridgehead atoms. The highest BCUT2D eigenvalue weighted by Crippen LogP contribution is 2.41. The molecule has 4 rings (SSSR count). The smallest absolute Gasteiger partial charge is 0.295 e. The van der Waals surface area contributed by atoms with Gasteiger partial charge in [0.2, 0.25) is 0 Å². The molecule has 150 valence electrons. The van der Waals surface area contributed by atoms with E-state index in [1.807, 2.05) is 54.7 Å². The largest absolute Gasteiger partial charge is 0.505 e. The molecule has 1 atom stereocenters. The number of carbonyl (C=O) groups is 2. The predicted octanol–water partition coefficient (Wildman–Crippen LogP) is 2.69. The van der Waals surface area contributed by atoms with E-state index in [1.165, 1.54) is 11.3 Å². The minimum Gasteiger partial charge on any atom is -0.505 e. The molecule has 1 aliphatic heterocycles. The molecule has 0 radical (unpaired) electrons. The Bertz CT molecular complexity index is 1110. The number of aliphatic hydroxyl groups is 1. The number of pyridine rings is 1. The average molecular weight is 410 g/mol. The zero-order chi connectivity index (χ0) is 20.7. The van der Waals surface area contributed by atoms with E-state index < -0.39 is 17.7 Å². The molecule has 1 saturated heterocycles. The number of imidazole rings is 1. The van der Waals surface area contributed by atoms with E-state index in [4.69, 9.17) is 0 Å². The Labute approximate surface area is 172 Å². The van der Waals surface area contributed by atoms with Crippen LogP contribution in [0.2, 0.25) is 0 Å². The van der Waals surface area contributed by atoms with Gasteiger partial charge in [0.1, 0.15) is 11.3 Å². The SMILES string of the molecule is Cc1nc2ccccn2c1C(O)=C1C(=O)C(=O)N(CCN(C)C)[C@H]1c1cccs1. The number of fused-ring (bicyclic) bond motifs is 1. The molecule has 0 unspecified atom stereocenters. The van der Waals surface area contributed by atoms with Crippen molar-refractivity contribution in [3.63, 3.8) is 0 Å². The first-order valence-corrected chi connectivity index (χ1v) is 10.2. The van der Waals surface area contributed by atoms with Crippen LogP contribution in [0, 0.1) is 6.92 Å². The number of thiophene rings is 1. The van der Waals surface area contributed by atoms with E-state index in [0.717, 1.165) is 4.88 Å². The summed E-state index contributed by atoms with van der Waals surface area (Å²) in [6.45, 7) is 2.79. The lowest BCUT2D eigenvalue weighted by atomic mass is 10.0. The van der Waals surface area contributed by atoms with Gasteiger partial charge in [0.15, 0.2) is 5.76 Å². The number of aryl methyl sites for hydroxylation is 1. The number of hydrogen-bond donors (Lipinski definition) is 1. The second-order valence-electron chi connectivity index (χ2n) is 7.29. The van der Waals surface area contributed by atoms with Gasteiger partial charge in [-0.25, -0.2) is 4.98 Å². The normalized spacial score (nSPS) is 19.0. The zero-order valence-electron chi connectivity index (χ0n) is 16.5. The van der Waals surface area contributed by atoms with Crippen LogP contribution < -0.4 is 0 Å². The highest BCUT2D eigenvalue weighted by atomic mass is 32.1. The second-order valence-corrected chi connectivity index (χ2v) is 8.27. The summed E-state index contributed by atoms with van der Waals surface area (Å²) in [4.78, 5) is 34.7. The fourth-order valence-corrected chi connectivity index (χ4v) is 4.53. The molecule has 4 heterocycles. The molecule has 0 spiro atoms. The van der Waals surface area contributed by atoms with Gasteiger partial charge in [-0.1, -0.05) is 12.1 Å². The Morgan fingerprint density at radius 3 is 2.72 bits per heavy atom. The maximum absolute atomic E-state index is 13.0. The van der Waals surface area contributed by atoms with Crippen LogP contribution in [-0.2, 0) is 9.59 Å². The van der Waals surface area contributed by atoms with Crippen LogP contribution in [-0.4, -0.2) is 63.2 Å². The van der Waals surface area contributed by atoms with Gasteiger partial charge in [-0.2, -0.15) is 0 Å². The van der Waals surface area contributed by atoms with E-state index in [1.54, 1.807) is 22.4 Å². The average Bonchev–Trinajstić information content (AvgIpc) is 3.37. The van der Waals surface area contributed by atoms with Crippen molar-refractivity contribution in [2.45, 2.75) is 13.0 Å². The minimum atomic E-state index is -0.662. The van der Waals surface area contributed by atoms with Crippen molar-refractivity contribution in [1.29, 1.82) is 0 Å². The van der Waals surface area contributed by atoms with Gasteiger partial charge in [0.25, 0.3) is 11.7 Å². The van der Waals surface area contributed by atoms with Gasteiger partial charge < -0.3 is 14.9 Å². The van der Waals surface area contributed by atoms with Crippen molar-refractivity contribution in [3.8, 4) is 0 Å². The minimum absolute atomic E-state index is 0.116. The van der Waals surface area contributed by atoms with Crippen molar-refractivity contribution in [1.82, 2.24) is 19.2 Å². The van der Waals surface area contributed by atoms with Crippen molar-refractivity contribution in [2.24, 2.45) is 0 Å². The van der Waals surface area contributed by atoms with E-state index >= 15 is 0 Å². The molecule has 1 N–H and O–H groups in total. The van der Waals surface area contributed by atoms with E-state index in [0.29, 0.717) is 30.1 Å². The summed E-state index contributed by atoms with van der Waals surface area (Å²) < 4.78 is 1.74. The first-order chi connectivity index (χ1) is 13.9. The Hall–Kier alpha value is -2.97. The molecule has 1 fully saturated rings. The lowest BCUT2D eigenvalue weighted by Crippen LogP contribution is -2.35. The highest BCUT2D eigenvalue weighted by molar-refractivity contribution is 7.10. The van der Waals surface area contributed by atoms with Gasteiger partial charge in [-0.15, -0.1) is 11.3 Å². The first kappa shape index (κ1) is 19.4. The molecule has 3 aromatic rings. The number of amides is 1. The van der Waals surface area contributed by atoms with Gasteiger partial charge in [0, 0.05) is 24.2 Å². The Kier molecular flexibility index (Phi) is 4.97. The van der Waals surface area contributed by atoms with Gasteiger partial charge in [-0.3, -0.25) is 14.0 Å². The molecule has 1 aliphatic rings. The summed E-state index contributed by atoms with van der Waals surface area (Å²) in [5, 5.41) is 13.2. The van der Waals surface area contributed by atoms with Crippen LogP contribution in [0.4, 0.5) is 0 Å². The summed E-state index contributed by atoms with van der Waals surface area (Å²) in [5.41, 5.74) is 1.82. The topological polar surface area (TPSA) is 78.1 Å². The second kappa shape index (κ2) is 7.46. The van der Waals surface area contributed by atoms with Crippen molar-refractivity contribution < 1.29 is 14.7 Å². The zero-order valence-corrected chi connectivity index (χ0v) is 17.3. The third-order valence-corrected chi connectivity index (χ3v) is 5.99. The molecular weight excluding hydrogens is 388 g/mol. The number of likely N-dealkylation sites (tertiary alicyclic amines) is 1. The molecule has 0 saturated carbocycles. The Morgan fingerprint density at radius 1 is 1.24 bits per heavy atom. The Balaban J connectivity index is 1.90. The summed E-state index contributed by atoms with van der Waals surface area (Å²) >= 11 is 1.46. The van der Waals surface area contributed by atoms with Crippen LogP contribution >= 0.6 is 11.3 Å². The lowest BCUT2D eigenvalue weighted by Gasteiger charge is -2.25. The van der Waals surface area contributed by atoms with Gasteiger partial charge in [0.05, 0.1) is 17.3 Å². The van der Waals surface area contributed by atoms with Crippen molar-refractivity contribution in [3.05, 3.63) is 63.7 Å². The predicted molar refractivity (Wildman–Crippen MR) is 112 cm³/mol. The van der Waals surface area contributed by atoms with Gasteiger partial charge in [-0.05, 0) is 44.6 Å². The number of rotatable bonds is 5. The number of nitrogens with zero attached hydrogens (tertiary/aromatic N) is 4. The standard InChI is InChI=1S/C21H22N4O3S/c1-13-17(24-9-5-4-8-15(24)22-13)19(26)16-18(14-7-6-12-29-14)25(11-10-23(2)3)21(28)20(16)27/h4-9,12,18,26H,10-11H2,1-3H3/t18-/m0/s1. The van der Waals surface area contributed by atoms with Crippen LogP contribution in [0.5, 0.6) is 0 Å². The molecule has 1 amide bonds. The molecule has 0 aromatic carbocycles. The molecule has 8 heteroatoms. The van der Waals surface area contributed by atoms with Gasteiger partial charge >= 0.3 is 0 Å². The molecule has 29 heavy (non-hydrogen) atoms. The summed E-state index contributed by atoms with van der Waals surface area (Å²) in [7, 11) is 3.83. The number of carbonyl (C=O) groups excluding carboxylic acids is 2. The molecule has 3 aromatic heterocycles. The Morgan fingerprint density at radius 2 is 2.03 bits per heavy atom. The van der Waals surface area contributed by atoms with E-state index in [-0.39, 0.29) is 11.3 Å². The van der Waals surface area contributed by atoms with Crippen LogP contribution in [0.1, 0.15) is 22.3 Å². The molecule has 0 aliphatic carbocycles. The quantitative estimate of drug-likeness (QED) is 0.398.